The fourth-order valence-electron chi connectivity index (χ4n) is 1.55. The van der Waals surface area contributed by atoms with Gasteiger partial charge >= 0.3 is 0 Å². The normalized spacial score (nSPS) is 11.1. The van der Waals surface area contributed by atoms with Crippen molar-refractivity contribution in [2.24, 2.45) is 5.84 Å². The molecule has 0 aliphatic rings. The Morgan fingerprint density at radius 3 is 2.55 bits per heavy atom. The third-order valence-electron chi connectivity index (χ3n) is 2.88. The summed E-state index contributed by atoms with van der Waals surface area (Å²) in [5.74, 6) is 7.45. The highest BCUT2D eigenvalue weighted by Crippen LogP contribution is 2.23. The number of hydrazine groups is 1. The van der Waals surface area contributed by atoms with Gasteiger partial charge in [0.05, 0.1) is 0 Å². The molecule has 112 valence electrons. The van der Waals surface area contributed by atoms with E-state index in [4.69, 9.17) is 5.84 Å². The van der Waals surface area contributed by atoms with Crippen LogP contribution in [0.15, 0.2) is 6.07 Å². The highest BCUT2D eigenvalue weighted by Gasteiger charge is 2.20. The summed E-state index contributed by atoms with van der Waals surface area (Å²) in [6.07, 6.45) is 0.410. The van der Waals surface area contributed by atoms with Crippen molar-refractivity contribution in [3.8, 4) is 0 Å². The van der Waals surface area contributed by atoms with Crippen molar-refractivity contribution < 1.29 is 4.79 Å². The fourth-order valence-corrected chi connectivity index (χ4v) is 1.55. The Morgan fingerprint density at radius 1 is 1.40 bits per heavy atom. The lowest BCUT2D eigenvalue weighted by Gasteiger charge is -2.23. The van der Waals surface area contributed by atoms with Gasteiger partial charge in [0, 0.05) is 38.5 Å². The maximum atomic E-state index is 11.3. The quantitative estimate of drug-likeness (QED) is 0.541. The zero-order valence-electron chi connectivity index (χ0n) is 12.8. The Hall–Kier alpha value is -1.89. The van der Waals surface area contributed by atoms with Crippen LogP contribution in [0.1, 0.15) is 33.0 Å². The Morgan fingerprint density at radius 2 is 2.05 bits per heavy atom. The highest BCUT2D eigenvalue weighted by atomic mass is 16.1. The molecule has 0 bridgehead atoms. The number of rotatable bonds is 5. The molecule has 1 heterocycles. The van der Waals surface area contributed by atoms with Crippen LogP contribution in [0.3, 0.4) is 0 Å². The maximum Gasteiger partial charge on any atom is 0.221 e. The molecule has 20 heavy (non-hydrogen) atoms. The van der Waals surface area contributed by atoms with Gasteiger partial charge in [-0.15, -0.1) is 0 Å². The van der Waals surface area contributed by atoms with E-state index in [9.17, 15) is 4.79 Å². The molecule has 0 aliphatic carbocycles. The number of nitrogens with one attached hydrogen (secondary N) is 2. The van der Waals surface area contributed by atoms with E-state index in [1.807, 2.05) is 32.7 Å². The molecular formula is C13H24N6O. The molecule has 0 atom stereocenters. The molecular weight excluding hydrogens is 256 g/mol. The Bertz CT molecular complexity index is 468. The van der Waals surface area contributed by atoms with Crippen LogP contribution in [0.25, 0.3) is 0 Å². The number of amides is 1. The molecule has 0 fully saturated rings. The average molecular weight is 280 g/mol. The molecule has 0 saturated carbocycles. The van der Waals surface area contributed by atoms with E-state index < -0.39 is 0 Å². The lowest BCUT2D eigenvalue weighted by atomic mass is 9.96. The van der Waals surface area contributed by atoms with Gasteiger partial charge in [0.25, 0.3) is 0 Å². The van der Waals surface area contributed by atoms with E-state index in [0.29, 0.717) is 24.6 Å². The van der Waals surface area contributed by atoms with E-state index in [1.54, 1.807) is 13.1 Å². The van der Waals surface area contributed by atoms with Crippen molar-refractivity contribution in [3.05, 3.63) is 11.9 Å². The number of carbonyl (C=O) groups is 1. The minimum Gasteiger partial charge on any atom is -0.359 e. The third-order valence-corrected chi connectivity index (χ3v) is 2.88. The molecule has 1 aromatic rings. The second-order valence-electron chi connectivity index (χ2n) is 5.67. The lowest BCUT2D eigenvalue weighted by Crippen LogP contribution is -2.28. The molecule has 0 aromatic carbocycles. The minimum atomic E-state index is -0.177. The minimum absolute atomic E-state index is 0.000811. The van der Waals surface area contributed by atoms with Crippen molar-refractivity contribution in [1.29, 1.82) is 0 Å². The number of hydrogen-bond acceptors (Lipinski definition) is 6. The van der Waals surface area contributed by atoms with E-state index in [1.165, 1.54) is 0 Å². The third kappa shape index (κ3) is 4.34. The van der Waals surface area contributed by atoms with Gasteiger partial charge in [-0.05, 0) is 0 Å². The van der Waals surface area contributed by atoms with Crippen molar-refractivity contribution in [3.63, 3.8) is 0 Å². The molecule has 1 amide bonds. The summed E-state index contributed by atoms with van der Waals surface area (Å²) in [5.41, 5.74) is 2.38. The summed E-state index contributed by atoms with van der Waals surface area (Å²) >= 11 is 0. The van der Waals surface area contributed by atoms with Gasteiger partial charge in [-0.25, -0.2) is 15.8 Å². The van der Waals surface area contributed by atoms with Gasteiger partial charge in [-0.3, -0.25) is 4.79 Å². The van der Waals surface area contributed by atoms with Crippen LogP contribution < -0.4 is 21.5 Å². The summed E-state index contributed by atoms with van der Waals surface area (Å²) in [6, 6.07) is 1.76. The first-order chi connectivity index (χ1) is 9.27. The van der Waals surface area contributed by atoms with Crippen LogP contribution in [-0.2, 0) is 10.2 Å². The molecule has 0 spiro atoms. The molecule has 0 saturated heterocycles. The van der Waals surface area contributed by atoms with Crippen LogP contribution in [0, 0.1) is 0 Å². The van der Waals surface area contributed by atoms with Gasteiger partial charge in [-0.1, -0.05) is 20.8 Å². The SMILES string of the molecule is CNC(=O)CCN(C)c1cc(NN)nc(C(C)(C)C)n1. The predicted octanol–water partition coefficient (Wildman–Crippen LogP) is 0.632. The number of nitrogens with two attached hydrogens (primary N) is 1. The van der Waals surface area contributed by atoms with Crippen molar-refractivity contribution in [1.82, 2.24) is 15.3 Å². The number of nitrogen functional groups attached to an aromatic ring is 1. The van der Waals surface area contributed by atoms with Gasteiger partial charge in [0.1, 0.15) is 17.5 Å². The number of anilines is 2. The Kier molecular flexibility index (Phi) is 5.26. The summed E-state index contributed by atoms with van der Waals surface area (Å²) in [5, 5.41) is 2.60. The average Bonchev–Trinajstić information content (AvgIpc) is 2.42. The summed E-state index contributed by atoms with van der Waals surface area (Å²) in [7, 11) is 3.51. The van der Waals surface area contributed by atoms with Crippen LogP contribution in [0.4, 0.5) is 11.6 Å². The number of carbonyl (C=O) groups excluding carboxylic acids is 1. The maximum absolute atomic E-state index is 11.3. The van der Waals surface area contributed by atoms with Crippen molar-refractivity contribution >= 4 is 17.5 Å². The number of hydrogen-bond donors (Lipinski definition) is 3. The Balaban J connectivity index is 2.96. The molecule has 1 rings (SSSR count). The fraction of sp³-hybridized carbons (Fsp3) is 0.615. The largest absolute Gasteiger partial charge is 0.359 e. The monoisotopic (exact) mass is 280 g/mol. The first kappa shape index (κ1) is 16.2. The van der Waals surface area contributed by atoms with E-state index in [-0.39, 0.29) is 11.3 Å². The molecule has 7 nitrogen and oxygen atoms in total. The van der Waals surface area contributed by atoms with Crippen LogP contribution in [0.2, 0.25) is 0 Å². The van der Waals surface area contributed by atoms with Gasteiger partial charge in [0.2, 0.25) is 5.91 Å². The van der Waals surface area contributed by atoms with Crippen LogP contribution in [-0.4, -0.2) is 36.5 Å². The summed E-state index contributed by atoms with van der Waals surface area (Å²) in [6.45, 7) is 6.69. The summed E-state index contributed by atoms with van der Waals surface area (Å²) < 4.78 is 0. The zero-order chi connectivity index (χ0) is 15.3. The molecule has 0 unspecified atom stereocenters. The van der Waals surface area contributed by atoms with Gasteiger partial charge in [0.15, 0.2) is 0 Å². The highest BCUT2D eigenvalue weighted by molar-refractivity contribution is 5.76. The topological polar surface area (TPSA) is 96.2 Å². The van der Waals surface area contributed by atoms with Gasteiger partial charge in [-0.2, -0.15) is 0 Å². The summed E-state index contributed by atoms with van der Waals surface area (Å²) in [4.78, 5) is 22.1. The van der Waals surface area contributed by atoms with Crippen LogP contribution in [0.5, 0.6) is 0 Å². The molecule has 0 aliphatic heterocycles. The number of aromatic nitrogens is 2. The van der Waals surface area contributed by atoms with Crippen molar-refractivity contribution in [2.75, 3.05) is 31.0 Å². The molecule has 4 N–H and O–H groups in total. The lowest BCUT2D eigenvalue weighted by molar-refractivity contribution is -0.120. The smallest absolute Gasteiger partial charge is 0.221 e. The predicted molar refractivity (Wildman–Crippen MR) is 80.5 cm³/mol. The van der Waals surface area contributed by atoms with E-state index in [0.717, 1.165) is 5.82 Å². The second kappa shape index (κ2) is 6.51. The first-order valence-corrected chi connectivity index (χ1v) is 6.56. The molecule has 7 heteroatoms. The molecule has 0 radical (unpaired) electrons. The second-order valence-corrected chi connectivity index (χ2v) is 5.67. The van der Waals surface area contributed by atoms with Crippen molar-refractivity contribution in [2.45, 2.75) is 32.6 Å². The standard InChI is InChI=1S/C13H24N6O/c1-13(2,3)12-16-9(18-14)8-10(17-12)19(5)7-6-11(20)15-4/h8H,6-7,14H2,1-5H3,(H,15,20)(H,16,17,18). The van der Waals surface area contributed by atoms with Crippen LogP contribution >= 0.6 is 0 Å². The van der Waals surface area contributed by atoms with E-state index >= 15 is 0 Å². The zero-order valence-corrected chi connectivity index (χ0v) is 12.8. The first-order valence-electron chi connectivity index (χ1n) is 6.56. The van der Waals surface area contributed by atoms with Gasteiger partial charge < -0.3 is 15.6 Å². The number of nitrogens with zero attached hydrogens (tertiary/aromatic N) is 3. The molecule has 1 aromatic heterocycles. The Labute approximate surface area is 119 Å². The van der Waals surface area contributed by atoms with E-state index in [2.05, 4.69) is 20.7 Å².